The second kappa shape index (κ2) is 3.92. The summed E-state index contributed by atoms with van der Waals surface area (Å²) < 4.78 is 0.752. The molecule has 3 N–H and O–H groups in total. The molecule has 0 saturated heterocycles. The van der Waals surface area contributed by atoms with Gasteiger partial charge >= 0.3 is 0 Å². The molecule has 0 unspecified atom stereocenters. The maximum absolute atomic E-state index is 9.33. The van der Waals surface area contributed by atoms with Gasteiger partial charge in [-0.05, 0) is 40.9 Å². The molecular formula is C9H12BrNO. The Labute approximate surface area is 80.5 Å². The van der Waals surface area contributed by atoms with Crippen LogP contribution in [0.25, 0.3) is 0 Å². The van der Waals surface area contributed by atoms with Crippen molar-refractivity contribution in [1.82, 2.24) is 0 Å². The van der Waals surface area contributed by atoms with Crippen molar-refractivity contribution in [2.45, 2.75) is 19.4 Å². The van der Waals surface area contributed by atoms with Gasteiger partial charge in [0.1, 0.15) is 5.75 Å². The van der Waals surface area contributed by atoms with Gasteiger partial charge in [-0.15, -0.1) is 0 Å². The lowest BCUT2D eigenvalue weighted by Gasteiger charge is -2.07. The number of hydrogen-bond acceptors (Lipinski definition) is 2. The van der Waals surface area contributed by atoms with Gasteiger partial charge in [-0.1, -0.05) is 12.1 Å². The highest BCUT2D eigenvalue weighted by molar-refractivity contribution is 9.10. The highest BCUT2D eigenvalue weighted by Crippen LogP contribution is 2.27. The van der Waals surface area contributed by atoms with Crippen molar-refractivity contribution >= 4 is 15.9 Å². The summed E-state index contributed by atoms with van der Waals surface area (Å²) in [6, 6.07) is 5.53. The van der Waals surface area contributed by atoms with Crippen molar-refractivity contribution in [3.05, 3.63) is 28.2 Å². The Balaban J connectivity index is 2.92. The summed E-state index contributed by atoms with van der Waals surface area (Å²) in [6.45, 7) is 1.94. The zero-order valence-corrected chi connectivity index (χ0v) is 8.51. The zero-order valence-electron chi connectivity index (χ0n) is 6.92. The maximum Gasteiger partial charge on any atom is 0.130 e. The molecule has 0 aliphatic heterocycles. The average molecular weight is 230 g/mol. The molecule has 1 aromatic carbocycles. The van der Waals surface area contributed by atoms with Gasteiger partial charge in [-0.2, -0.15) is 0 Å². The molecule has 2 nitrogen and oxygen atoms in total. The fourth-order valence-corrected chi connectivity index (χ4v) is 1.50. The van der Waals surface area contributed by atoms with Gasteiger partial charge in [0.2, 0.25) is 0 Å². The minimum Gasteiger partial charge on any atom is -0.507 e. The molecule has 1 rings (SSSR count). The standard InChI is InChI=1S/C9H12BrNO/c1-6(11)5-7-3-2-4-8(12)9(7)10/h2-4,6,12H,5,11H2,1H3/t6-/m0/s1. The molecule has 0 amide bonds. The Morgan fingerprint density at radius 2 is 2.25 bits per heavy atom. The van der Waals surface area contributed by atoms with Crippen LogP contribution in [-0.4, -0.2) is 11.1 Å². The van der Waals surface area contributed by atoms with Crippen molar-refractivity contribution in [2.75, 3.05) is 0 Å². The second-order valence-corrected chi connectivity index (χ2v) is 3.72. The number of benzene rings is 1. The van der Waals surface area contributed by atoms with E-state index in [2.05, 4.69) is 15.9 Å². The Hall–Kier alpha value is -0.540. The Morgan fingerprint density at radius 1 is 1.58 bits per heavy atom. The van der Waals surface area contributed by atoms with Gasteiger partial charge in [-0.3, -0.25) is 0 Å². The largest absolute Gasteiger partial charge is 0.507 e. The van der Waals surface area contributed by atoms with Gasteiger partial charge < -0.3 is 10.8 Å². The summed E-state index contributed by atoms with van der Waals surface area (Å²) in [5, 5.41) is 9.33. The minimum absolute atomic E-state index is 0.114. The summed E-state index contributed by atoms with van der Waals surface area (Å²) in [4.78, 5) is 0. The number of phenolic OH excluding ortho intramolecular Hbond substituents is 1. The van der Waals surface area contributed by atoms with E-state index in [4.69, 9.17) is 5.73 Å². The average Bonchev–Trinajstić information content (AvgIpc) is 1.98. The van der Waals surface area contributed by atoms with Crippen molar-refractivity contribution in [3.63, 3.8) is 0 Å². The Morgan fingerprint density at radius 3 is 2.83 bits per heavy atom. The lowest BCUT2D eigenvalue weighted by Crippen LogP contribution is -2.17. The van der Waals surface area contributed by atoms with Gasteiger partial charge in [0, 0.05) is 6.04 Å². The third kappa shape index (κ3) is 2.22. The maximum atomic E-state index is 9.33. The summed E-state index contributed by atoms with van der Waals surface area (Å²) in [5.41, 5.74) is 6.69. The van der Waals surface area contributed by atoms with Crippen molar-refractivity contribution in [2.24, 2.45) is 5.73 Å². The van der Waals surface area contributed by atoms with Gasteiger partial charge in [0.25, 0.3) is 0 Å². The first-order chi connectivity index (χ1) is 5.61. The van der Waals surface area contributed by atoms with Crippen molar-refractivity contribution in [3.8, 4) is 5.75 Å². The molecule has 1 aromatic rings. The first-order valence-electron chi connectivity index (χ1n) is 3.83. The van der Waals surface area contributed by atoms with Gasteiger partial charge in [0.15, 0.2) is 0 Å². The summed E-state index contributed by atoms with van der Waals surface area (Å²) >= 11 is 3.30. The molecule has 0 aromatic heterocycles. The van der Waals surface area contributed by atoms with Crippen LogP contribution in [0.2, 0.25) is 0 Å². The molecule has 0 aliphatic carbocycles. The number of hydrogen-bond donors (Lipinski definition) is 2. The van der Waals surface area contributed by atoms with E-state index >= 15 is 0 Å². The first kappa shape index (κ1) is 9.55. The van der Waals surface area contributed by atoms with E-state index in [-0.39, 0.29) is 11.8 Å². The smallest absolute Gasteiger partial charge is 0.130 e. The van der Waals surface area contributed by atoms with E-state index in [9.17, 15) is 5.11 Å². The molecule has 66 valence electrons. The molecule has 12 heavy (non-hydrogen) atoms. The van der Waals surface area contributed by atoms with Crippen LogP contribution in [0.15, 0.2) is 22.7 Å². The number of rotatable bonds is 2. The summed E-state index contributed by atoms with van der Waals surface area (Å²) in [7, 11) is 0. The number of nitrogens with two attached hydrogens (primary N) is 1. The molecule has 0 radical (unpaired) electrons. The number of halogens is 1. The molecule has 0 heterocycles. The zero-order chi connectivity index (χ0) is 9.14. The summed E-state index contributed by atoms with van der Waals surface area (Å²) in [5.74, 6) is 0.271. The highest BCUT2D eigenvalue weighted by atomic mass is 79.9. The third-order valence-electron chi connectivity index (χ3n) is 1.60. The van der Waals surface area contributed by atoms with Gasteiger partial charge in [-0.25, -0.2) is 0 Å². The predicted octanol–water partition coefficient (Wildman–Crippen LogP) is 2.04. The normalized spacial score (nSPS) is 12.9. The quantitative estimate of drug-likeness (QED) is 0.816. The van der Waals surface area contributed by atoms with Crippen LogP contribution < -0.4 is 5.73 Å². The van der Waals surface area contributed by atoms with Crippen molar-refractivity contribution in [1.29, 1.82) is 0 Å². The molecule has 0 aliphatic rings. The molecule has 0 fully saturated rings. The van der Waals surface area contributed by atoms with Crippen LogP contribution in [0, 0.1) is 0 Å². The highest BCUT2D eigenvalue weighted by Gasteiger charge is 2.05. The second-order valence-electron chi connectivity index (χ2n) is 2.93. The number of phenols is 1. The van der Waals surface area contributed by atoms with E-state index in [1.165, 1.54) is 0 Å². The molecule has 0 saturated carbocycles. The van der Waals surface area contributed by atoms with Crippen LogP contribution in [0.3, 0.4) is 0 Å². The fraction of sp³-hybridized carbons (Fsp3) is 0.333. The van der Waals surface area contributed by atoms with Gasteiger partial charge in [0.05, 0.1) is 4.47 Å². The molecule has 3 heteroatoms. The monoisotopic (exact) mass is 229 g/mol. The fourth-order valence-electron chi connectivity index (χ4n) is 1.07. The van der Waals surface area contributed by atoms with Crippen LogP contribution in [-0.2, 0) is 6.42 Å². The van der Waals surface area contributed by atoms with Crippen molar-refractivity contribution < 1.29 is 5.11 Å². The molecular weight excluding hydrogens is 218 g/mol. The Bertz CT molecular complexity index is 273. The topological polar surface area (TPSA) is 46.2 Å². The van der Waals surface area contributed by atoms with E-state index in [0.29, 0.717) is 0 Å². The molecule has 0 bridgehead atoms. The predicted molar refractivity (Wildman–Crippen MR) is 53.2 cm³/mol. The van der Waals surface area contributed by atoms with Crippen LogP contribution in [0.1, 0.15) is 12.5 Å². The first-order valence-corrected chi connectivity index (χ1v) is 4.62. The minimum atomic E-state index is 0.114. The SMILES string of the molecule is C[C@H](N)Cc1cccc(O)c1Br. The van der Waals surface area contributed by atoms with E-state index in [0.717, 1.165) is 16.5 Å². The molecule has 1 atom stereocenters. The van der Waals surface area contributed by atoms with Crippen LogP contribution in [0.4, 0.5) is 0 Å². The lowest BCUT2D eigenvalue weighted by atomic mass is 10.1. The number of aromatic hydroxyl groups is 1. The van der Waals surface area contributed by atoms with Crippen LogP contribution in [0.5, 0.6) is 5.75 Å². The van der Waals surface area contributed by atoms with E-state index in [1.54, 1.807) is 6.07 Å². The third-order valence-corrected chi connectivity index (χ3v) is 2.52. The Kier molecular flexibility index (Phi) is 3.12. The van der Waals surface area contributed by atoms with E-state index in [1.807, 2.05) is 19.1 Å². The van der Waals surface area contributed by atoms with Crippen LogP contribution >= 0.6 is 15.9 Å². The molecule has 0 spiro atoms. The lowest BCUT2D eigenvalue weighted by molar-refractivity contribution is 0.470. The summed E-state index contributed by atoms with van der Waals surface area (Å²) in [6.07, 6.45) is 0.773. The van der Waals surface area contributed by atoms with E-state index < -0.39 is 0 Å².